The van der Waals surface area contributed by atoms with E-state index < -0.39 is 23.9 Å². The van der Waals surface area contributed by atoms with Crippen molar-refractivity contribution in [3.05, 3.63) is 29.0 Å². The van der Waals surface area contributed by atoms with E-state index in [2.05, 4.69) is 10.6 Å². The van der Waals surface area contributed by atoms with Crippen molar-refractivity contribution in [1.82, 2.24) is 5.32 Å². The van der Waals surface area contributed by atoms with Crippen LogP contribution in [0.5, 0.6) is 0 Å². The van der Waals surface area contributed by atoms with Crippen LogP contribution in [0.3, 0.4) is 0 Å². The summed E-state index contributed by atoms with van der Waals surface area (Å²) < 4.78 is 13.2. The molecule has 0 radical (unpaired) electrons. The SMILES string of the molecule is CC(C)CC(NC(=O)Nc1ccc(Cl)c(F)c1)C(=O)O. The molecule has 1 unspecified atom stereocenters. The lowest BCUT2D eigenvalue weighted by atomic mass is 10.0. The molecule has 0 aromatic heterocycles. The smallest absolute Gasteiger partial charge is 0.326 e. The number of hydrogen-bond acceptors (Lipinski definition) is 2. The van der Waals surface area contributed by atoms with Crippen LogP contribution in [0, 0.1) is 11.7 Å². The molecule has 0 saturated heterocycles. The Morgan fingerprint density at radius 3 is 2.55 bits per heavy atom. The van der Waals surface area contributed by atoms with Gasteiger partial charge in [-0.05, 0) is 30.5 Å². The van der Waals surface area contributed by atoms with Crippen molar-refractivity contribution < 1.29 is 19.1 Å². The zero-order chi connectivity index (χ0) is 15.3. The summed E-state index contributed by atoms with van der Waals surface area (Å²) in [7, 11) is 0. The van der Waals surface area contributed by atoms with E-state index in [1.54, 1.807) is 0 Å². The molecule has 3 N–H and O–H groups in total. The maximum absolute atomic E-state index is 13.2. The summed E-state index contributed by atoms with van der Waals surface area (Å²) in [5.41, 5.74) is 0.193. The van der Waals surface area contributed by atoms with E-state index in [0.29, 0.717) is 6.42 Å². The van der Waals surface area contributed by atoms with Gasteiger partial charge in [0.1, 0.15) is 11.9 Å². The molecule has 1 rings (SSSR count). The van der Waals surface area contributed by atoms with Gasteiger partial charge in [-0.25, -0.2) is 14.0 Å². The summed E-state index contributed by atoms with van der Waals surface area (Å²) in [5.74, 6) is -1.66. The third kappa shape index (κ3) is 5.05. The Morgan fingerprint density at radius 1 is 1.40 bits per heavy atom. The number of benzene rings is 1. The Labute approximate surface area is 121 Å². The predicted molar refractivity (Wildman–Crippen MR) is 74.4 cm³/mol. The van der Waals surface area contributed by atoms with Crippen LogP contribution in [0.4, 0.5) is 14.9 Å². The van der Waals surface area contributed by atoms with Crippen molar-refractivity contribution in [2.75, 3.05) is 5.32 Å². The van der Waals surface area contributed by atoms with E-state index >= 15 is 0 Å². The van der Waals surface area contributed by atoms with Gasteiger partial charge in [-0.1, -0.05) is 25.4 Å². The number of hydrogen-bond donors (Lipinski definition) is 3. The van der Waals surface area contributed by atoms with Crippen molar-refractivity contribution in [3.8, 4) is 0 Å². The van der Waals surface area contributed by atoms with Gasteiger partial charge in [0.2, 0.25) is 0 Å². The Balaban J connectivity index is 2.65. The molecule has 0 heterocycles. The highest BCUT2D eigenvalue weighted by atomic mass is 35.5. The monoisotopic (exact) mass is 302 g/mol. The molecule has 20 heavy (non-hydrogen) atoms. The molecule has 0 aliphatic carbocycles. The minimum absolute atomic E-state index is 0.0563. The van der Waals surface area contributed by atoms with Crippen molar-refractivity contribution in [3.63, 3.8) is 0 Å². The second kappa shape index (κ2) is 7.09. The number of aliphatic carboxylic acids is 1. The van der Waals surface area contributed by atoms with Crippen molar-refractivity contribution in [2.24, 2.45) is 5.92 Å². The lowest BCUT2D eigenvalue weighted by Gasteiger charge is -2.17. The topological polar surface area (TPSA) is 78.4 Å². The first-order chi connectivity index (χ1) is 9.29. The number of carbonyl (C=O) groups excluding carboxylic acids is 1. The zero-order valence-corrected chi connectivity index (χ0v) is 11.9. The number of carboxylic acid groups (broad SMARTS) is 1. The molecule has 0 aliphatic rings. The van der Waals surface area contributed by atoms with E-state index in [-0.39, 0.29) is 16.6 Å². The van der Waals surface area contributed by atoms with E-state index in [1.807, 2.05) is 13.8 Å². The Hall–Kier alpha value is -1.82. The summed E-state index contributed by atoms with van der Waals surface area (Å²) in [6.07, 6.45) is 0.303. The van der Waals surface area contributed by atoms with Crippen LogP contribution in [0.25, 0.3) is 0 Å². The fourth-order valence-corrected chi connectivity index (χ4v) is 1.71. The first-order valence-electron chi connectivity index (χ1n) is 6.05. The molecule has 0 fully saturated rings. The first-order valence-corrected chi connectivity index (χ1v) is 6.42. The largest absolute Gasteiger partial charge is 0.480 e. The lowest BCUT2D eigenvalue weighted by Crippen LogP contribution is -2.43. The predicted octanol–water partition coefficient (Wildman–Crippen LogP) is 3.10. The third-order valence-electron chi connectivity index (χ3n) is 2.49. The fourth-order valence-electron chi connectivity index (χ4n) is 1.59. The molecular weight excluding hydrogens is 287 g/mol. The fraction of sp³-hybridized carbons (Fsp3) is 0.385. The van der Waals surface area contributed by atoms with Gasteiger partial charge in [-0.2, -0.15) is 0 Å². The van der Waals surface area contributed by atoms with Crippen molar-refractivity contribution in [2.45, 2.75) is 26.3 Å². The van der Waals surface area contributed by atoms with Gasteiger partial charge in [0.25, 0.3) is 0 Å². The summed E-state index contributed by atoms with van der Waals surface area (Å²) in [5, 5.41) is 13.6. The van der Waals surface area contributed by atoms with Crippen LogP contribution in [0.1, 0.15) is 20.3 Å². The number of anilines is 1. The third-order valence-corrected chi connectivity index (χ3v) is 2.79. The van der Waals surface area contributed by atoms with Gasteiger partial charge in [0.05, 0.1) is 5.02 Å². The average molecular weight is 303 g/mol. The molecule has 1 aromatic carbocycles. The van der Waals surface area contributed by atoms with E-state index in [4.69, 9.17) is 16.7 Å². The maximum atomic E-state index is 13.2. The van der Waals surface area contributed by atoms with E-state index in [9.17, 15) is 14.0 Å². The van der Waals surface area contributed by atoms with Crippen LogP contribution in [-0.4, -0.2) is 23.1 Å². The van der Waals surface area contributed by atoms with E-state index in [0.717, 1.165) is 6.07 Å². The quantitative estimate of drug-likeness (QED) is 0.782. The van der Waals surface area contributed by atoms with Gasteiger partial charge in [0.15, 0.2) is 0 Å². The van der Waals surface area contributed by atoms with Crippen molar-refractivity contribution in [1.29, 1.82) is 0 Å². The molecule has 0 bridgehead atoms. The lowest BCUT2D eigenvalue weighted by molar-refractivity contribution is -0.139. The summed E-state index contributed by atoms with van der Waals surface area (Å²) >= 11 is 5.52. The molecule has 5 nitrogen and oxygen atoms in total. The second-order valence-corrected chi connectivity index (χ2v) is 5.15. The standard InChI is InChI=1S/C13H16ClFN2O3/c1-7(2)5-11(12(18)19)17-13(20)16-8-3-4-9(14)10(15)6-8/h3-4,6-7,11H,5H2,1-2H3,(H,18,19)(H2,16,17,20). The van der Waals surface area contributed by atoms with Crippen LogP contribution in [0.15, 0.2) is 18.2 Å². The normalized spacial score (nSPS) is 12.1. The molecule has 0 spiro atoms. The number of halogens is 2. The number of amides is 2. The molecular formula is C13H16ClFN2O3. The Morgan fingerprint density at radius 2 is 2.05 bits per heavy atom. The van der Waals surface area contributed by atoms with Crippen LogP contribution in [0.2, 0.25) is 5.02 Å². The first kappa shape index (κ1) is 16.2. The highest BCUT2D eigenvalue weighted by Gasteiger charge is 2.21. The second-order valence-electron chi connectivity index (χ2n) is 4.75. The molecule has 1 atom stereocenters. The Kier molecular flexibility index (Phi) is 5.76. The minimum atomic E-state index is -1.11. The summed E-state index contributed by atoms with van der Waals surface area (Å²) in [6.45, 7) is 3.70. The van der Waals surface area contributed by atoms with E-state index in [1.165, 1.54) is 12.1 Å². The van der Waals surface area contributed by atoms with Gasteiger partial charge < -0.3 is 15.7 Å². The van der Waals surface area contributed by atoms with Crippen LogP contribution in [-0.2, 0) is 4.79 Å². The number of rotatable bonds is 5. The molecule has 0 saturated carbocycles. The molecule has 110 valence electrons. The van der Waals surface area contributed by atoms with Crippen LogP contribution >= 0.6 is 11.6 Å². The number of nitrogens with one attached hydrogen (secondary N) is 2. The Bertz CT molecular complexity index is 508. The highest BCUT2D eigenvalue weighted by Crippen LogP contribution is 2.18. The maximum Gasteiger partial charge on any atom is 0.326 e. The van der Waals surface area contributed by atoms with Gasteiger partial charge in [-0.3, -0.25) is 0 Å². The molecule has 2 amide bonds. The summed E-state index contributed by atoms with van der Waals surface area (Å²) in [6, 6.07) is 2.07. The number of urea groups is 1. The average Bonchev–Trinajstić information content (AvgIpc) is 2.32. The summed E-state index contributed by atoms with van der Waals surface area (Å²) in [4.78, 5) is 22.7. The van der Waals surface area contributed by atoms with Gasteiger partial charge in [0, 0.05) is 5.69 Å². The molecule has 7 heteroatoms. The van der Waals surface area contributed by atoms with Crippen LogP contribution < -0.4 is 10.6 Å². The number of carbonyl (C=O) groups is 2. The zero-order valence-electron chi connectivity index (χ0n) is 11.1. The number of carboxylic acids is 1. The molecule has 1 aromatic rings. The van der Waals surface area contributed by atoms with Crippen molar-refractivity contribution >= 4 is 29.3 Å². The minimum Gasteiger partial charge on any atom is -0.480 e. The van der Waals surface area contributed by atoms with Gasteiger partial charge in [-0.15, -0.1) is 0 Å². The molecule has 0 aliphatic heterocycles. The highest BCUT2D eigenvalue weighted by molar-refractivity contribution is 6.30. The van der Waals surface area contributed by atoms with Gasteiger partial charge >= 0.3 is 12.0 Å².